The smallest absolute Gasteiger partial charge is 0.253 e. The summed E-state index contributed by atoms with van der Waals surface area (Å²) >= 11 is 0. The van der Waals surface area contributed by atoms with E-state index in [0.29, 0.717) is 5.92 Å². The van der Waals surface area contributed by atoms with Crippen molar-refractivity contribution in [2.24, 2.45) is 0 Å². The van der Waals surface area contributed by atoms with Crippen LogP contribution in [0, 0.1) is 0 Å². The molecule has 1 aliphatic rings. The van der Waals surface area contributed by atoms with Gasteiger partial charge in [-0.15, -0.1) is 0 Å². The predicted molar refractivity (Wildman–Crippen MR) is 137 cm³/mol. The van der Waals surface area contributed by atoms with Gasteiger partial charge in [-0.1, -0.05) is 72.8 Å². The number of nitrogens with zero attached hydrogens (tertiary/aromatic N) is 2. The van der Waals surface area contributed by atoms with Gasteiger partial charge >= 0.3 is 0 Å². The third-order valence-electron chi connectivity index (χ3n) is 6.69. The number of hydrogen-bond donors (Lipinski definition) is 1. The molecule has 3 aromatic carbocycles. The average Bonchev–Trinajstić information content (AvgIpc) is 2.86. The summed E-state index contributed by atoms with van der Waals surface area (Å²) in [6, 6.07) is 29.7. The molecule has 0 bridgehead atoms. The third kappa shape index (κ3) is 6.02. The summed E-state index contributed by atoms with van der Waals surface area (Å²) in [6.45, 7) is 3.12. The predicted octanol–water partition coefficient (Wildman–Crippen LogP) is 5.17. The largest absolute Gasteiger partial charge is 0.377 e. The number of piperidine rings is 1. The first kappa shape index (κ1) is 23.1. The van der Waals surface area contributed by atoms with Crippen LogP contribution in [0.3, 0.4) is 0 Å². The Kier molecular flexibility index (Phi) is 7.79. The lowest BCUT2D eigenvalue weighted by Gasteiger charge is -2.33. The first-order valence-electron chi connectivity index (χ1n) is 12.0. The van der Waals surface area contributed by atoms with E-state index in [9.17, 15) is 4.79 Å². The van der Waals surface area contributed by atoms with Crippen molar-refractivity contribution in [1.29, 1.82) is 0 Å². The van der Waals surface area contributed by atoms with E-state index >= 15 is 0 Å². The molecule has 0 spiro atoms. The molecule has 4 heteroatoms. The molecule has 0 aromatic heterocycles. The molecule has 4 rings (SSSR count). The van der Waals surface area contributed by atoms with E-state index in [-0.39, 0.29) is 11.9 Å². The van der Waals surface area contributed by atoms with Crippen molar-refractivity contribution >= 4 is 11.6 Å². The van der Waals surface area contributed by atoms with Crippen LogP contribution in [0.5, 0.6) is 0 Å². The summed E-state index contributed by atoms with van der Waals surface area (Å²) in [6.07, 6.45) is 3.09. The minimum absolute atomic E-state index is 0.0333. The Morgan fingerprint density at radius 2 is 1.42 bits per heavy atom. The standard InChI is InChI=1S/C29H35N3O/c1-31(2)28-16-10-9-15-27(28)29(33)30-25-17-20-32(21-18-25)22-19-26(23-11-5-3-6-12-23)24-13-7-4-8-14-24/h3-16,25-26H,17-22H2,1-2H3,(H,30,33). The molecule has 0 aliphatic carbocycles. The molecule has 0 unspecified atom stereocenters. The zero-order valence-electron chi connectivity index (χ0n) is 19.8. The maximum Gasteiger partial charge on any atom is 0.253 e. The quantitative estimate of drug-likeness (QED) is 0.524. The molecule has 172 valence electrons. The highest BCUT2D eigenvalue weighted by Gasteiger charge is 2.23. The zero-order chi connectivity index (χ0) is 23.0. The maximum atomic E-state index is 12.9. The molecular weight excluding hydrogens is 406 g/mol. The van der Waals surface area contributed by atoms with E-state index in [4.69, 9.17) is 0 Å². The van der Waals surface area contributed by atoms with Crippen LogP contribution in [-0.4, -0.2) is 50.6 Å². The third-order valence-corrected chi connectivity index (χ3v) is 6.69. The van der Waals surface area contributed by atoms with Gasteiger partial charge in [-0.05, 0) is 49.1 Å². The number of rotatable bonds is 8. The Labute approximate surface area is 198 Å². The molecule has 0 radical (unpaired) electrons. The first-order chi connectivity index (χ1) is 16.1. The topological polar surface area (TPSA) is 35.6 Å². The number of anilines is 1. The van der Waals surface area contributed by atoms with E-state index < -0.39 is 0 Å². The van der Waals surface area contributed by atoms with E-state index in [0.717, 1.165) is 50.1 Å². The zero-order valence-corrected chi connectivity index (χ0v) is 19.8. The fourth-order valence-electron chi connectivity index (χ4n) is 4.83. The van der Waals surface area contributed by atoms with E-state index in [1.165, 1.54) is 11.1 Å². The van der Waals surface area contributed by atoms with Gasteiger partial charge in [-0.3, -0.25) is 4.79 Å². The second-order valence-corrected chi connectivity index (χ2v) is 9.16. The fourth-order valence-corrected chi connectivity index (χ4v) is 4.83. The van der Waals surface area contributed by atoms with Gasteiger partial charge < -0.3 is 15.1 Å². The molecule has 1 fully saturated rings. The first-order valence-corrected chi connectivity index (χ1v) is 12.0. The van der Waals surface area contributed by atoms with Crippen LogP contribution < -0.4 is 10.2 Å². The van der Waals surface area contributed by atoms with Crippen molar-refractivity contribution in [3.63, 3.8) is 0 Å². The van der Waals surface area contributed by atoms with Gasteiger partial charge in [0.05, 0.1) is 5.56 Å². The number of amides is 1. The summed E-state index contributed by atoms with van der Waals surface area (Å²) in [4.78, 5) is 17.4. The van der Waals surface area contributed by atoms with Crippen LogP contribution in [-0.2, 0) is 0 Å². The molecule has 0 atom stereocenters. The van der Waals surface area contributed by atoms with Crippen molar-refractivity contribution in [3.8, 4) is 0 Å². The van der Waals surface area contributed by atoms with Crippen molar-refractivity contribution < 1.29 is 4.79 Å². The van der Waals surface area contributed by atoms with Gasteiger partial charge in [0.2, 0.25) is 0 Å². The molecule has 1 aliphatic heterocycles. The number of nitrogens with one attached hydrogen (secondary N) is 1. The molecule has 1 amide bonds. The van der Waals surface area contributed by atoms with E-state index in [2.05, 4.69) is 70.9 Å². The molecule has 3 aromatic rings. The lowest BCUT2D eigenvalue weighted by atomic mass is 9.88. The van der Waals surface area contributed by atoms with Gasteiger partial charge in [-0.25, -0.2) is 0 Å². The monoisotopic (exact) mass is 441 g/mol. The minimum atomic E-state index is 0.0333. The molecule has 1 heterocycles. The summed E-state index contributed by atoms with van der Waals surface area (Å²) in [7, 11) is 3.95. The van der Waals surface area contributed by atoms with Gasteiger partial charge in [0.25, 0.3) is 5.91 Å². The second-order valence-electron chi connectivity index (χ2n) is 9.16. The highest BCUT2D eigenvalue weighted by Crippen LogP contribution is 2.28. The van der Waals surface area contributed by atoms with Gasteiger partial charge in [0.1, 0.15) is 0 Å². The Hall–Kier alpha value is -3.11. The molecule has 1 N–H and O–H groups in total. The molecule has 33 heavy (non-hydrogen) atoms. The van der Waals surface area contributed by atoms with Crippen molar-refractivity contribution in [2.45, 2.75) is 31.2 Å². The Morgan fingerprint density at radius 3 is 2.00 bits per heavy atom. The second kappa shape index (κ2) is 11.2. The van der Waals surface area contributed by atoms with E-state index in [1.807, 2.05) is 43.3 Å². The van der Waals surface area contributed by atoms with Crippen LogP contribution in [0.15, 0.2) is 84.9 Å². The summed E-state index contributed by atoms with van der Waals surface area (Å²) in [5.74, 6) is 0.443. The van der Waals surface area contributed by atoms with Crippen molar-refractivity contribution in [2.75, 3.05) is 38.6 Å². The van der Waals surface area contributed by atoms with E-state index in [1.54, 1.807) is 0 Å². The molecule has 0 saturated carbocycles. The van der Waals surface area contributed by atoms with Gasteiger partial charge in [-0.2, -0.15) is 0 Å². The lowest BCUT2D eigenvalue weighted by molar-refractivity contribution is 0.0911. The minimum Gasteiger partial charge on any atom is -0.377 e. The average molecular weight is 442 g/mol. The van der Waals surface area contributed by atoms with Gasteiger partial charge in [0, 0.05) is 44.8 Å². The Morgan fingerprint density at radius 1 is 0.879 bits per heavy atom. The summed E-state index contributed by atoms with van der Waals surface area (Å²) < 4.78 is 0. The number of para-hydroxylation sites is 1. The van der Waals surface area contributed by atoms with Crippen LogP contribution in [0.1, 0.15) is 46.7 Å². The number of hydrogen-bond acceptors (Lipinski definition) is 3. The van der Waals surface area contributed by atoms with Crippen LogP contribution in [0.25, 0.3) is 0 Å². The summed E-state index contributed by atoms with van der Waals surface area (Å²) in [5.41, 5.74) is 4.47. The highest BCUT2D eigenvalue weighted by molar-refractivity contribution is 5.99. The number of carbonyl (C=O) groups excluding carboxylic acids is 1. The SMILES string of the molecule is CN(C)c1ccccc1C(=O)NC1CCN(CCC(c2ccccc2)c2ccccc2)CC1. The fraction of sp³-hybridized carbons (Fsp3) is 0.345. The molecular formula is C29H35N3O. The molecule has 1 saturated heterocycles. The normalized spacial score (nSPS) is 14.9. The highest BCUT2D eigenvalue weighted by atomic mass is 16.1. The number of benzene rings is 3. The lowest BCUT2D eigenvalue weighted by Crippen LogP contribution is -2.45. The molecule has 4 nitrogen and oxygen atoms in total. The maximum absolute atomic E-state index is 12.9. The Balaban J connectivity index is 1.31. The number of likely N-dealkylation sites (tertiary alicyclic amines) is 1. The number of carbonyl (C=O) groups is 1. The van der Waals surface area contributed by atoms with Crippen LogP contribution in [0.2, 0.25) is 0 Å². The van der Waals surface area contributed by atoms with Crippen molar-refractivity contribution in [3.05, 3.63) is 102 Å². The van der Waals surface area contributed by atoms with Crippen LogP contribution in [0.4, 0.5) is 5.69 Å². The van der Waals surface area contributed by atoms with Gasteiger partial charge in [0.15, 0.2) is 0 Å². The Bertz CT molecular complexity index is 972. The van der Waals surface area contributed by atoms with Crippen LogP contribution >= 0.6 is 0 Å². The van der Waals surface area contributed by atoms with Crippen molar-refractivity contribution in [1.82, 2.24) is 10.2 Å². The summed E-state index contributed by atoms with van der Waals surface area (Å²) in [5, 5.41) is 3.28.